The van der Waals surface area contributed by atoms with Crippen molar-refractivity contribution in [2.75, 3.05) is 6.61 Å². The van der Waals surface area contributed by atoms with Gasteiger partial charge in [0.05, 0.1) is 6.10 Å². The first-order valence-electron chi connectivity index (χ1n) is 6.79. The Kier molecular flexibility index (Phi) is 3.25. The van der Waals surface area contributed by atoms with Gasteiger partial charge >= 0.3 is 0 Å². The van der Waals surface area contributed by atoms with E-state index in [0.717, 1.165) is 5.56 Å². The minimum absolute atomic E-state index is 0.00332. The molecule has 0 spiro atoms. The molecule has 1 fully saturated rings. The molecule has 19 heavy (non-hydrogen) atoms. The highest BCUT2D eigenvalue weighted by Gasteiger charge is 2.52. The van der Waals surface area contributed by atoms with Gasteiger partial charge in [-0.15, -0.1) is 0 Å². The predicted molar refractivity (Wildman–Crippen MR) is 71.9 cm³/mol. The molecule has 0 saturated carbocycles. The average Bonchev–Trinajstić information content (AvgIpc) is 2.71. The van der Waals surface area contributed by atoms with Crippen molar-refractivity contribution in [1.29, 1.82) is 0 Å². The van der Waals surface area contributed by atoms with Crippen LogP contribution in [0.5, 0.6) is 0 Å². The number of benzene rings is 1. The van der Waals surface area contributed by atoms with Crippen molar-refractivity contribution in [1.82, 2.24) is 0 Å². The zero-order valence-corrected chi connectivity index (χ0v) is 11.0. The van der Waals surface area contributed by atoms with Crippen molar-refractivity contribution in [3.8, 4) is 0 Å². The smallest absolute Gasteiger partial charge is 0.187 e. The summed E-state index contributed by atoms with van der Waals surface area (Å²) in [4.78, 5) is 12.3. The molecule has 3 atom stereocenters. The van der Waals surface area contributed by atoms with Crippen molar-refractivity contribution in [3.05, 3.63) is 48.0 Å². The lowest BCUT2D eigenvalue weighted by Gasteiger charge is -2.28. The fraction of sp³-hybridized carbons (Fsp3) is 0.438. The van der Waals surface area contributed by atoms with Gasteiger partial charge in [-0.3, -0.25) is 4.79 Å². The molecule has 0 amide bonds. The van der Waals surface area contributed by atoms with Crippen LogP contribution in [0.2, 0.25) is 0 Å². The molecule has 2 bridgehead atoms. The zero-order valence-electron chi connectivity index (χ0n) is 11.0. The minimum Gasteiger partial charge on any atom is -0.375 e. The highest BCUT2D eigenvalue weighted by molar-refractivity contribution is 5.98. The third-order valence-corrected chi connectivity index (χ3v) is 3.86. The van der Waals surface area contributed by atoms with Crippen LogP contribution in [-0.4, -0.2) is 30.2 Å². The van der Waals surface area contributed by atoms with Crippen LogP contribution in [-0.2, 0) is 20.7 Å². The minimum atomic E-state index is -0.722. The van der Waals surface area contributed by atoms with E-state index in [1.807, 2.05) is 43.3 Å². The summed E-state index contributed by atoms with van der Waals surface area (Å²) >= 11 is 0. The summed E-state index contributed by atoms with van der Waals surface area (Å²) < 4.78 is 11.7. The number of carbonyl (C=O) groups is 1. The standard InChI is InChI=1S/C16H18O3/c1-2-18-14-11-16(10-12-6-4-3-5-7-12)15(17)9-8-13(14)19-16/h3-9,13-14H,2,10-11H2,1H3. The van der Waals surface area contributed by atoms with E-state index in [0.29, 0.717) is 19.4 Å². The highest BCUT2D eigenvalue weighted by atomic mass is 16.6. The molecule has 1 saturated heterocycles. The summed E-state index contributed by atoms with van der Waals surface area (Å²) in [6.45, 7) is 2.62. The number of carbonyl (C=O) groups excluding carboxylic acids is 1. The molecular weight excluding hydrogens is 240 g/mol. The Morgan fingerprint density at radius 1 is 1.37 bits per heavy atom. The van der Waals surface area contributed by atoms with Crippen LogP contribution >= 0.6 is 0 Å². The Morgan fingerprint density at radius 2 is 2.16 bits per heavy atom. The Labute approximate surface area is 113 Å². The average molecular weight is 258 g/mol. The highest BCUT2D eigenvalue weighted by Crippen LogP contribution is 2.39. The summed E-state index contributed by atoms with van der Waals surface area (Å²) in [6, 6.07) is 10.0. The van der Waals surface area contributed by atoms with E-state index >= 15 is 0 Å². The molecule has 100 valence electrons. The van der Waals surface area contributed by atoms with Crippen molar-refractivity contribution >= 4 is 5.78 Å². The van der Waals surface area contributed by atoms with Gasteiger partial charge in [0.2, 0.25) is 0 Å². The Hall–Kier alpha value is -1.45. The van der Waals surface area contributed by atoms with Crippen LogP contribution in [0.25, 0.3) is 0 Å². The lowest BCUT2D eigenvalue weighted by atomic mass is 9.87. The lowest BCUT2D eigenvalue weighted by molar-refractivity contribution is -0.138. The van der Waals surface area contributed by atoms with E-state index in [1.54, 1.807) is 6.08 Å². The van der Waals surface area contributed by atoms with Gasteiger partial charge in [-0.2, -0.15) is 0 Å². The van der Waals surface area contributed by atoms with Gasteiger partial charge in [-0.05, 0) is 24.6 Å². The normalized spacial score (nSPS) is 32.8. The van der Waals surface area contributed by atoms with Crippen molar-refractivity contribution in [2.24, 2.45) is 0 Å². The molecule has 3 unspecified atom stereocenters. The summed E-state index contributed by atoms with van der Waals surface area (Å²) in [6.07, 6.45) is 4.68. The molecule has 0 radical (unpaired) electrons. The number of hydrogen-bond donors (Lipinski definition) is 0. The van der Waals surface area contributed by atoms with E-state index in [9.17, 15) is 4.79 Å². The number of ketones is 1. The second-order valence-corrected chi connectivity index (χ2v) is 5.16. The Morgan fingerprint density at radius 3 is 2.89 bits per heavy atom. The van der Waals surface area contributed by atoms with Crippen LogP contribution < -0.4 is 0 Å². The van der Waals surface area contributed by atoms with Crippen LogP contribution in [0.3, 0.4) is 0 Å². The summed E-state index contributed by atoms with van der Waals surface area (Å²) in [5.41, 5.74) is 0.405. The molecule has 3 heteroatoms. The molecule has 0 aliphatic carbocycles. The number of hydrogen-bond acceptors (Lipinski definition) is 3. The van der Waals surface area contributed by atoms with E-state index in [4.69, 9.17) is 9.47 Å². The van der Waals surface area contributed by atoms with Gasteiger partial charge in [0, 0.05) is 19.4 Å². The maximum absolute atomic E-state index is 12.3. The number of fused-ring (bicyclic) bond motifs is 2. The summed E-state index contributed by atoms with van der Waals surface area (Å²) in [7, 11) is 0. The third-order valence-electron chi connectivity index (χ3n) is 3.86. The fourth-order valence-corrected chi connectivity index (χ4v) is 2.98. The quantitative estimate of drug-likeness (QED) is 0.831. The van der Waals surface area contributed by atoms with Crippen molar-refractivity contribution < 1.29 is 14.3 Å². The predicted octanol–water partition coefficient (Wildman–Crippen LogP) is 2.30. The Bertz CT molecular complexity index is 494. The molecule has 1 aromatic rings. The maximum atomic E-state index is 12.3. The lowest BCUT2D eigenvalue weighted by Crippen LogP contribution is -2.42. The van der Waals surface area contributed by atoms with Gasteiger partial charge in [0.1, 0.15) is 11.7 Å². The van der Waals surface area contributed by atoms with Crippen LogP contribution in [0, 0.1) is 0 Å². The molecule has 2 heterocycles. The van der Waals surface area contributed by atoms with Gasteiger partial charge in [-0.25, -0.2) is 0 Å². The van der Waals surface area contributed by atoms with Crippen LogP contribution in [0.1, 0.15) is 18.9 Å². The van der Waals surface area contributed by atoms with Gasteiger partial charge in [0.25, 0.3) is 0 Å². The molecule has 2 aliphatic rings. The topological polar surface area (TPSA) is 35.5 Å². The molecule has 0 aromatic heterocycles. The Balaban J connectivity index is 1.85. The van der Waals surface area contributed by atoms with Gasteiger partial charge in [0.15, 0.2) is 5.78 Å². The first-order chi connectivity index (χ1) is 9.23. The van der Waals surface area contributed by atoms with Crippen molar-refractivity contribution in [3.63, 3.8) is 0 Å². The first kappa shape index (κ1) is 12.6. The zero-order chi connectivity index (χ0) is 13.3. The van der Waals surface area contributed by atoms with Crippen molar-refractivity contribution in [2.45, 2.75) is 37.6 Å². The summed E-state index contributed by atoms with van der Waals surface area (Å²) in [5, 5.41) is 0. The molecule has 0 N–H and O–H groups in total. The molecule has 2 aliphatic heterocycles. The second kappa shape index (κ2) is 4.91. The molecule has 3 nitrogen and oxygen atoms in total. The first-order valence-corrected chi connectivity index (χ1v) is 6.79. The van der Waals surface area contributed by atoms with E-state index < -0.39 is 5.60 Å². The third kappa shape index (κ3) is 2.24. The van der Waals surface area contributed by atoms with E-state index in [2.05, 4.69) is 0 Å². The van der Waals surface area contributed by atoms with Gasteiger partial charge in [-0.1, -0.05) is 30.3 Å². The molecule has 3 rings (SSSR count). The van der Waals surface area contributed by atoms with Crippen LogP contribution in [0.4, 0.5) is 0 Å². The van der Waals surface area contributed by atoms with Crippen LogP contribution in [0.15, 0.2) is 42.5 Å². The van der Waals surface area contributed by atoms with E-state index in [-0.39, 0.29) is 18.0 Å². The number of rotatable bonds is 4. The second-order valence-electron chi connectivity index (χ2n) is 5.16. The summed E-state index contributed by atoms with van der Waals surface area (Å²) in [5.74, 6) is 0.0646. The SMILES string of the molecule is CCOC1CC2(Cc3ccccc3)OC1C=CC2=O. The molecule has 1 aromatic carbocycles. The van der Waals surface area contributed by atoms with E-state index in [1.165, 1.54) is 0 Å². The largest absolute Gasteiger partial charge is 0.375 e. The monoisotopic (exact) mass is 258 g/mol. The maximum Gasteiger partial charge on any atom is 0.187 e. The fourth-order valence-electron chi connectivity index (χ4n) is 2.98. The number of ether oxygens (including phenoxy) is 2. The molecular formula is C16H18O3. The van der Waals surface area contributed by atoms with Gasteiger partial charge < -0.3 is 9.47 Å².